The molecule has 0 unspecified atom stereocenters. The van der Waals surface area contributed by atoms with E-state index in [4.69, 9.17) is 9.47 Å². The fourth-order valence-corrected chi connectivity index (χ4v) is 3.21. The van der Waals surface area contributed by atoms with Crippen molar-refractivity contribution in [1.29, 1.82) is 0 Å². The van der Waals surface area contributed by atoms with E-state index in [9.17, 15) is 14.4 Å². The second kappa shape index (κ2) is 8.72. The Kier molecular flexibility index (Phi) is 6.11. The SMILES string of the molecule is CCOC(=O)c1[nH]c(C)c(C(=O)OCC(=O)N2CCC(c3ccccc3)=N2)c1C. The second-order valence-corrected chi connectivity index (χ2v) is 6.60. The van der Waals surface area contributed by atoms with Crippen LogP contribution in [-0.2, 0) is 14.3 Å². The minimum Gasteiger partial charge on any atom is -0.461 e. The van der Waals surface area contributed by atoms with Crippen LogP contribution in [0.3, 0.4) is 0 Å². The number of aryl methyl sites for hydroxylation is 1. The van der Waals surface area contributed by atoms with Crippen LogP contribution < -0.4 is 0 Å². The third-order valence-corrected chi connectivity index (χ3v) is 4.64. The number of ether oxygens (including phenoxy) is 2. The number of aromatic nitrogens is 1. The van der Waals surface area contributed by atoms with E-state index in [0.717, 1.165) is 11.3 Å². The van der Waals surface area contributed by atoms with Gasteiger partial charge in [-0.05, 0) is 31.9 Å². The summed E-state index contributed by atoms with van der Waals surface area (Å²) in [6.45, 7) is 5.23. The highest BCUT2D eigenvalue weighted by molar-refractivity contribution is 6.03. The van der Waals surface area contributed by atoms with Crippen LogP contribution in [0.15, 0.2) is 35.4 Å². The van der Waals surface area contributed by atoms with Crippen LogP contribution >= 0.6 is 0 Å². The van der Waals surface area contributed by atoms with Crippen molar-refractivity contribution in [3.8, 4) is 0 Å². The molecule has 152 valence electrons. The van der Waals surface area contributed by atoms with Crippen LogP contribution in [-0.4, -0.2) is 53.3 Å². The fourth-order valence-electron chi connectivity index (χ4n) is 3.21. The zero-order chi connectivity index (χ0) is 21.0. The van der Waals surface area contributed by atoms with E-state index >= 15 is 0 Å². The molecule has 1 aliphatic rings. The van der Waals surface area contributed by atoms with Crippen molar-refractivity contribution in [1.82, 2.24) is 9.99 Å². The quantitative estimate of drug-likeness (QED) is 0.755. The van der Waals surface area contributed by atoms with Gasteiger partial charge >= 0.3 is 11.9 Å². The Morgan fingerprint density at radius 2 is 1.83 bits per heavy atom. The van der Waals surface area contributed by atoms with E-state index in [0.29, 0.717) is 24.2 Å². The lowest BCUT2D eigenvalue weighted by Gasteiger charge is -2.11. The zero-order valence-corrected chi connectivity index (χ0v) is 16.7. The highest BCUT2D eigenvalue weighted by atomic mass is 16.5. The average Bonchev–Trinajstić information content (AvgIpc) is 3.32. The van der Waals surface area contributed by atoms with Gasteiger partial charge in [0.25, 0.3) is 5.91 Å². The lowest BCUT2D eigenvalue weighted by Crippen LogP contribution is -2.29. The maximum atomic E-state index is 12.5. The molecule has 8 nitrogen and oxygen atoms in total. The number of amides is 1. The average molecular weight is 397 g/mol. The van der Waals surface area contributed by atoms with Crippen LogP contribution in [0.25, 0.3) is 0 Å². The van der Waals surface area contributed by atoms with Crippen molar-refractivity contribution >= 4 is 23.6 Å². The number of rotatable bonds is 6. The maximum Gasteiger partial charge on any atom is 0.355 e. The van der Waals surface area contributed by atoms with Gasteiger partial charge < -0.3 is 14.5 Å². The molecule has 0 radical (unpaired) electrons. The Labute approximate surface area is 168 Å². The predicted octanol–water partition coefficient (Wildman–Crippen LogP) is 2.60. The molecule has 1 amide bonds. The molecule has 2 heterocycles. The van der Waals surface area contributed by atoms with Crippen LogP contribution in [0.2, 0.25) is 0 Å². The lowest BCUT2D eigenvalue weighted by atomic mass is 10.1. The summed E-state index contributed by atoms with van der Waals surface area (Å²) in [4.78, 5) is 39.7. The summed E-state index contributed by atoms with van der Waals surface area (Å²) >= 11 is 0. The van der Waals surface area contributed by atoms with Gasteiger partial charge in [-0.1, -0.05) is 30.3 Å². The molecule has 1 aliphatic heterocycles. The Morgan fingerprint density at radius 1 is 1.10 bits per heavy atom. The Bertz CT molecular complexity index is 962. The number of hydrogen-bond donors (Lipinski definition) is 1. The Hall–Kier alpha value is -3.42. The van der Waals surface area contributed by atoms with Crippen LogP contribution in [0, 0.1) is 13.8 Å². The molecular weight excluding hydrogens is 374 g/mol. The zero-order valence-electron chi connectivity index (χ0n) is 16.7. The van der Waals surface area contributed by atoms with Crippen molar-refractivity contribution in [2.45, 2.75) is 27.2 Å². The first kappa shape index (κ1) is 20.3. The molecule has 0 saturated carbocycles. The van der Waals surface area contributed by atoms with Gasteiger partial charge in [0.05, 0.1) is 24.4 Å². The number of H-pyrrole nitrogens is 1. The summed E-state index contributed by atoms with van der Waals surface area (Å²) < 4.78 is 10.2. The third kappa shape index (κ3) is 4.37. The summed E-state index contributed by atoms with van der Waals surface area (Å²) in [7, 11) is 0. The summed E-state index contributed by atoms with van der Waals surface area (Å²) in [6.07, 6.45) is 0.641. The number of aromatic amines is 1. The topological polar surface area (TPSA) is 101 Å². The molecule has 3 rings (SSSR count). The molecule has 0 aliphatic carbocycles. The summed E-state index contributed by atoms with van der Waals surface area (Å²) in [5.74, 6) is -1.62. The van der Waals surface area contributed by atoms with Crippen LogP contribution in [0.1, 0.15) is 51.0 Å². The van der Waals surface area contributed by atoms with Crippen molar-refractivity contribution in [2.75, 3.05) is 19.8 Å². The van der Waals surface area contributed by atoms with Crippen molar-refractivity contribution in [3.63, 3.8) is 0 Å². The molecule has 0 spiro atoms. The van der Waals surface area contributed by atoms with Gasteiger partial charge in [-0.15, -0.1) is 0 Å². The lowest BCUT2D eigenvalue weighted by molar-refractivity contribution is -0.134. The number of carbonyl (C=O) groups excluding carboxylic acids is 3. The minimum atomic E-state index is -0.674. The van der Waals surface area contributed by atoms with E-state index in [1.165, 1.54) is 5.01 Å². The summed E-state index contributed by atoms with van der Waals surface area (Å²) in [5, 5.41) is 5.65. The molecule has 1 aromatic carbocycles. The maximum absolute atomic E-state index is 12.5. The number of esters is 2. The smallest absolute Gasteiger partial charge is 0.355 e. The molecule has 0 bridgehead atoms. The number of carbonyl (C=O) groups is 3. The monoisotopic (exact) mass is 397 g/mol. The normalized spacial score (nSPS) is 13.2. The van der Waals surface area contributed by atoms with E-state index in [-0.39, 0.29) is 17.9 Å². The number of nitrogens with zero attached hydrogens (tertiary/aromatic N) is 2. The Balaban J connectivity index is 1.63. The van der Waals surface area contributed by atoms with Gasteiger partial charge in [0.15, 0.2) is 6.61 Å². The highest BCUT2D eigenvalue weighted by Crippen LogP contribution is 2.20. The molecule has 0 fully saturated rings. The Morgan fingerprint density at radius 3 is 2.52 bits per heavy atom. The molecule has 2 aromatic rings. The van der Waals surface area contributed by atoms with Crippen LogP contribution in [0.4, 0.5) is 0 Å². The van der Waals surface area contributed by atoms with E-state index < -0.39 is 24.5 Å². The molecule has 8 heteroatoms. The van der Waals surface area contributed by atoms with E-state index in [2.05, 4.69) is 10.1 Å². The molecular formula is C21H23N3O5. The third-order valence-electron chi connectivity index (χ3n) is 4.64. The number of nitrogens with one attached hydrogen (secondary N) is 1. The van der Waals surface area contributed by atoms with E-state index in [1.54, 1.807) is 20.8 Å². The highest BCUT2D eigenvalue weighted by Gasteiger charge is 2.26. The van der Waals surface area contributed by atoms with Gasteiger partial charge in [0.1, 0.15) is 5.69 Å². The molecule has 1 aromatic heterocycles. The number of benzene rings is 1. The first-order valence-electron chi connectivity index (χ1n) is 9.39. The summed E-state index contributed by atoms with van der Waals surface area (Å²) in [6, 6.07) is 9.61. The van der Waals surface area contributed by atoms with Gasteiger partial charge in [-0.25, -0.2) is 14.6 Å². The second-order valence-electron chi connectivity index (χ2n) is 6.60. The molecule has 0 atom stereocenters. The van der Waals surface area contributed by atoms with Crippen molar-refractivity contribution in [2.24, 2.45) is 5.10 Å². The summed E-state index contributed by atoms with van der Waals surface area (Å²) in [5.41, 5.74) is 3.14. The van der Waals surface area contributed by atoms with Gasteiger partial charge in [0.2, 0.25) is 0 Å². The van der Waals surface area contributed by atoms with Gasteiger partial charge in [-0.2, -0.15) is 5.10 Å². The molecule has 1 N–H and O–H groups in total. The van der Waals surface area contributed by atoms with Crippen molar-refractivity contribution in [3.05, 3.63) is 58.4 Å². The van der Waals surface area contributed by atoms with Gasteiger partial charge in [-0.3, -0.25) is 4.79 Å². The van der Waals surface area contributed by atoms with Crippen LogP contribution in [0.5, 0.6) is 0 Å². The molecule has 0 saturated heterocycles. The first-order valence-corrected chi connectivity index (χ1v) is 9.39. The van der Waals surface area contributed by atoms with Gasteiger partial charge in [0, 0.05) is 12.1 Å². The van der Waals surface area contributed by atoms with E-state index in [1.807, 2.05) is 30.3 Å². The number of hydrazone groups is 1. The minimum absolute atomic E-state index is 0.208. The number of hydrogen-bond acceptors (Lipinski definition) is 6. The first-order chi connectivity index (χ1) is 13.9. The predicted molar refractivity (Wildman–Crippen MR) is 106 cm³/mol. The standard InChI is InChI=1S/C21H23N3O5/c1-4-28-21(27)19-13(2)18(14(3)22-19)20(26)29-12-17(25)24-11-10-16(23-24)15-8-6-5-7-9-15/h5-9,22H,4,10-12H2,1-3H3. The fraction of sp³-hybridized carbons (Fsp3) is 0.333. The molecule has 29 heavy (non-hydrogen) atoms. The van der Waals surface area contributed by atoms with Crippen molar-refractivity contribution < 1.29 is 23.9 Å². The largest absolute Gasteiger partial charge is 0.461 e.